The maximum absolute atomic E-state index is 12.9. The second-order valence-electron chi connectivity index (χ2n) is 5.94. The van der Waals surface area contributed by atoms with Gasteiger partial charge in [0.25, 0.3) is 5.91 Å². The van der Waals surface area contributed by atoms with Crippen LogP contribution < -0.4 is 10.6 Å². The van der Waals surface area contributed by atoms with Crippen LogP contribution in [-0.4, -0.2) is 41.6 Å². The van der Waals surface area contributed by atoms with Crippen LogP contribution in [0.5, 0.6) is 0 Å². The number of amides is 3. The topological polar surface area (TPSA) is 94.8 Å². The van der Waals surface area contributed by atoms with Gasteiger partial charge in [-0.1, -0.05) is 13.0 Å². The SMILES string of the molecule is CC[C@@H](CO)N(Cc1ccco1)C(=O)Nc1cccc(C(=O)NC)c1C. The summed E-state index contributed by atoms with van der Waals surface area (Å²) < 4.78 is 5.34. The second kappa shape index (κ2) is 9.05. The number of aliphatic hydroxyl groups is 1. The third kappa shape index (κ3) is 4.43. The van der Waals surface area contributed by atoms with Crippen LogP contribution in [-0.2, 0) is 6.54 Å². The molecule has 0 aliphatic heterocycles. The number of hydrogen-bond donors (Lipinski definition) is 3. The summed E-state index contributed by atoms with van der Waals surface area (Å²) in [5, 5.41) is 15.1. The lowest BCUT2D eigenvalue weighted by Gasteiger charge is -2.29. The Morgan fingerprint density at radius 3 is 2.62 bits per heavy atom. The molecule has 1 atom stereocenters. The highest BCUT2D eigenvalue weighted by molar-refractivity contribution is 5.99. The van der Waals surface area contributed by atoms with Gasteiger partial charge >= 0.3 is 6.03 Å². The first kappa shape index (κ1) is 19.5. The highest BCUT2D eigenvalue weighted by atomic mass is 16.3. The molecule has 2 aromatic rings. The molecule has 3 N–H and O–H groups in total. The van der Waals surface area contributed by atoms with Crippen LogP contribution in [0.3, 0.4) is 0 Å². The fraction of sp³-hybridized carbons (Fsp3) is 0.368. The van der Waals surface area contributed by atoms with Gasteiger partial charge < -0.3 is 25.1 Å². The van der Waals surface area contributed by atoms with Gasteiger partial charge in [0, 0.05) is 18.3 Å². The van der Waals surface area contributed by atoms with Gasteiger partial charge in [0.2, 0.25) is 0 Å². The zero-order valence-corrected chi connectivity index (χ0v) is 15.3. The number of benzene rings is 1. The van der Waals surface area contributed by atoms with Crippen molar-refractivity contribution in [2.24, 2.45) is 0 Å². The van der Waals surface area contributed by atoms with E-state index in [9.17, 15) is 14.7 Å². The molecular formula is C19H25N3O4. The van der Waals surface area contributed by atoms with Crippen LogP contribution in [0.1, 0.15) is 35.0 Å². The number of carbonyl (C=O) groups is 2. The van der Waals surface area contributed by atoms with Crippen molar-refractivity contribution in [1.29, 1.82) is 0 Å². The molecule has 140 valence electrons. The zero-order chi connectivity index (χ0) is 19.1. The molecule has 0 unspecified atom stereocenters. The lowest BCUT2D eigenvalue weighted by atomic mass is 10.1. The molecule has 1 aromatic heterocycles. The Labute approximate surface area is 153 Å². The van der Waals surface area contributed by atoms with Crippen LogP contribution in [0.2, 0.25) is 0 Å². The number of furan rings is 1. The first-order valence-corrected chi connectivity index (χ1v) is 8.54. The number of nitrogens with zero attached hydrogens (tertiary/aromatic N) is 1. The Morgan fingerprint density at radius 2 is 2.04 bits per heavy atom. The molecule has 0 fully saturated rings. The smallest absolute Gasteiger partial charge is 0.322 e. The van der Waals surface area contributed by atoms with E-state index < -0.39 is 0 Å². The van der Waals surface area contributed by atoms with Crippen molar-refractivity contribution >= 4 is 17.6 Å². The maximum atomic E-state index is 12.9. The van der Waals surface area contributed by atoms with Gasteiger partial charge in [0.15, 0.2) is 0 Å². The minimum absolute atomic E-state index is 0.151. The molecule has 3 amide bonds. The number of aliphatic hydroxyl groups excluding tert-OH is 1. The fourth-order valence-electron chi connectivity index (χ4n) is 2.72. The standard InChI is InChI=1S/C19H25N3O4/c1-4-14(12-23)22(11-15-7-6-10-26-15)19(25)21-17-9-5-8-16(13(17)2)18(24)20-3/h5-10,14,23H,4,11-12H2,1-3H3,(H,20,24)(H,21,25)/t14-/m0/s1. The van der Waals surface area contributed by atoms with Gasteiger partial charge in [-0.05, 0) is 43.2 Å². The van der Waals surface area contributed by atoms with Crippen molar-refractivity contribution in [2.45, 2.75) is 32.9 Å². The Hall–Kier alpha value is -2.80. The zero-order valence-electron chi connectivity index (χ0n) is 15.3. The van der Waals surface area contributed by atoms with Crippen molar-refractivity contribution in [3.8, 4) is 0 Å². The Balaban J connectivity index is 2.25. The number of urea groups is 1. The van der Waals surface area contributed by atoms with Crippen molar-refractivity contribution in [3.63, 3.8) is 0 Å². The summed E-state index contributed by atoms with van der Waals surface area (Å²) in [7, 11) is 1.56. The molecule has 7 nitrogen and oxygen atoms in total. The Morgan fingerprint density at radius 1 is 1.27 bits per heavy atom. The number of anilines is 1. The van der Waals surface area contributed by atoms with E-state index in [2.05, 4.69) is 10.6 Å². The molecule has 0 spiro atoms. The van der Waals surface area contributed by atoms with Crippen LogP contribution in [0, 0.1) is 6.92 Å². The quantitative estimate of drug-likeness (QED) is 0.708. The van der Waals surface area contributed by atoms with Gasteiger partial charge in [-0.3, -0.25) is 4.79 Å². The van der Waals surface area contributed by atoms with Crippen molar-refractivity contribution in [2.75, 3.05) is 19.0 Å². The monoisotopic (exact) mass is 359 g/mol. The van der Waals surface area contributed by atoms with E-state index in [4.69, 9.17) is 4.42 Å². The van der Waals surface area contributed by atoms with Crippen molar-refractivity contribution in [3.05, 3.63) is 53.5 Å². The van der Waals surface area contributed by atoms with Crippen molar-refractivity contribution in [1.82, 2.24) is 10.2 Å². The summed E-state index contributed by atoms with van der Waals surface area (Å²) in [5.41, 5.74) is 1.72. The van der Waals surface area contributed by atoms with Crippen LogP contribution in [0.4, 0.5) is 10.5 Å². The summed E-state index contributed by atoms with van der Waals surface area (Å²) in [6.45, 7) is 3.77. The number of rotatable bonds is 7. The predicted molar refractivity (Wildman–Crippen MR) is 99.0 cm³/mol. The molecule has 0 aliphatic rings. The molecule has 0 aliphatic carbocycles. The Kier molecular flexibility index (Phi) is 6.80. The normalized spacial score (nSPS) is 11.7. The van der Waals surface area contributed by atoms with Gasteiger partial charge in [0.05, 0.1) is 25.5 Å². The van der Waals surface area contributed by atoms with Crippen LogP contribution in [0.25, 0.3) is 0 Å². The molecule has 0 radical (unpaired) electrons. The fourth-order valence-corrected chi connectivity index (χ4v) is 2.72. The molecular weight excluding hydrogens is 334 g/mol. The van der Waals surface area contributed by atoms with E-state index in [1.807, 2.05) is 6.92 Å². The van der Waals surface area contributed by atoms with Gasteiger partial charge in [-0.25, -0.2) is 4.79 Å². The summed E-state index contributed by atoms with van der Waals surface area (Å²) in [4.78, 5) is 26.3. The summed E-state index contributed by atoms with van der Waals surface area (Å²) in [5.74, 6) is 0.413. The van der Waals surface area contributed by atoms with Gasteiger partial charge in [-0.2, -0.15) is 0 Å². The highest BCUT2D eigenvalue weighted by Crippen LogP contribution is 2.21. The number of nitrogens with one attached hydrogen (secondary N) is 2. The molecule has 26 heavy (non-hydrogen) atoms. The number of carbonyl (C=O) groups excluding carboxylic acids is 2. The molecule has 2 rings (SSSR count). The highest BCUT2D eigenvalue weighted by Gasteiger charge is 2.24. The van der Waals surface area contributed by atoms with E-state index in [1.54, 1.807) is 50.6 Å². The van der Waals surface area contributed by atoms with Crippen LogP contribution in [0.15, 0.2) is 41.0 Å². The molecule has 0 bridgehead atoms. The number of hydrogen-bond acceptors (Lipinski definition) is 4. The maximum Gasteiger partial charge on any atom is 0.322 e. The van der Waals surface area contributed by atoms with Crippen LogP contribution >= 0.6 is 0 Å². The average Bonchev–Trinajstić information content (AvgIpc) is 3.16. The molecule has 7 heteroatoms. The molecule has 0 saturated heterocycles. The largest absolute Gasteiger partial charge is 0.467 e. The minimum Gasteiger partial charge on any atom is -0.467 e. The minimum atomic E-state index is -0.362. The first-order chi connectivity index (χ1) is 12.5. The lowest BCUT2D eigenvalue weighted by molar-refractivity contribution is 0.0962. The third-order valence-electron chi connectivity index (χ3n) is 4.34. The van der Waals surface area contributed by atoms with E-state index in [0.29, 0.717) is 29.0 Å². The summed E-state index contributed by atoms with van der Waals surface area (Å²) in [6, 6.07) is 7.98. The molecule has 1 heterocycles. The lowest BCUT2D eigenvalue weighted by Crippen LogP contribution is -2.44. The first-order valence-electron chi connectivity index (χ1n) is 8.54. The third-order valence-corrected chi connectivity index (χ3v) is 4.34. The summed E-state index contributed by atoms with van der Waals surface area (Å²) >= 11 is 0. The average molecular weight is 359 g/mol. The molecule has 0 saturated carbocycles. The summed E-state index contributed by atoms with van der Waals surface area (Å²) in [6.07, 6.45) is 2.14. The van der Waals surface area contributed by atoms with E-state index >= 15 is 0 Å². The van der Waals surface area contributed by atoms with Gasteiger partial charge in [-0.15, -0.1) is 0 Å². The van der Waals surface area contributed by atoms with E-state index in [-0.39, 0.29) is 31.1 Å². The van der Waals surface area contributed by atoms with E-state index in [0.717, 1.165) is 0 Å². The Bertz CT molecular complexity index is 739. The second-order valence-corrected chi connectivity index (χ2v) is 5.94. The van der Waals surface area contributed by atoms with E-state index in [1.165, 1.54) is 4.90 Å². The van der Waals surface area contributed by atoms with Gasteiger partial charge in [0.1, 0.15) is 5.76 Å². The molecule has 1 aromatic carbocycles. The van der Waals surface area contributed by atoms with Crippen molar-refractivity contribution < 1.29 is 19.1 Å². The predicted octanol–water partition coefficient (Wildman–Crippen LogP) is 2.75.